The van der Waals surface area contributed by atoms with Gasteiger partial charge in [0.25, 0.3) is 5.91 Å². The highest BCUT2D eigenvalue weighted by Gasteiger charge is 2.10. The molecular weight excluding hydrogens is 246 g/mol. The Morgan fingerprint density at radius 3 is 2.50 bits per heavy atom. The van der Waals surface area contributed by atoms with E-state index in [4.69, 9.17) is 0 Å². The molecule has 0 radical (unpaired) electrons. The summed E-state index contributed by atoms with van der Waals surface area (Å²) in [4.78, 5) is 14.1. The molecule has 0 aromatic heterocycles. The Balaban J connectivity index is 1.85. The van der Waals surface area contributed by atoms with Crippen molar-refractivity contribution >= 4 is 5.91 Å². The lowest BCUT2D eigenvalue weighted by Gasteiger charge is -2.17. The lowest BCUT2D eigenvalue weighted by Crippen LogP contribution is -2.28. The summed E-state index contributed by atoms with van der Waals surface area (Å²) in [5.74, 6) is 0.0989. The first-order valence-electron chi connectivity index (χ1n) is 7.03. The summed E-state index contributed by atoms with van der Waals surface area (Å²) in [6, 6.07) is 18.1. The van der Waals surface area contributed by atoms with Gasteiger partial charge in [0.2, 0.25) is 0 Å². The second kappa shape index (κ2) is 6.90. The average molecular weight is 267 g/mol. The number of nitrogens with zero attached hydrogens (tertiary/aromatic N) is 1. The number of carbonyl (C=O) groups is 1. The van der Waals surface area contributed by atoms with E-state index in [-0.39, 0.29) is 5.91 Å². The van der Waals surface area contributed by atoms with Crippen molar-refractivity contribution in [3.05, 3.63) is 71.3 Å². The highest BCUT2D eigenvalue weighted by atomic mass is 16.2. The third-order valence-electron chi connectivity index (χ3n) is 3.41. The van der Waals surface area contributed by atoms with E-state index in [2.05, 4.69) is 24.3 Å². The van der Waals surface area contributed by atoms with Gasteiger partial charge in [0.15, 0.2) is 0 Å². The molecule has 0 bridgehead atoms. The standard InChI is InChI=1S/C18H21NO/c1-15-8-6-12-17(14-15)18(20)19(2)13-7-11-16-9-4-3-5-10-16/h3-6,8-10,12,14H,7,11,13H2,1-2H3. The zero-order chi connectivity index (χ0) is 14.4. The van der Waals surface area contributed by atoms with E-state index in [0.717, 1.165) is 30.5 Å². The first kappa shape index (κ1) is 14.3. The van der Waals surface area contributed by atoms with Crippen LogP contribution in [-0.2, 0) is 6.42 Å². The maximum Gasteiger partial charge on any atom is 0.253 e. The molecule has 0 fully saturated rings. The van der Waals surface area contributed by atoms with Gasteiger partial charge in [-0.2, -0.15) is 0 Å². The van der Waals surface area contributed by atoms with E-state index >= 15 is 0 Å². The Bertz CT molecular complexity index is 563. The van der Waals surface area contributed by atoms with E-state index in [0.29, 0.717) is 0 Å². The van der Waals surface area contributed by atoms with Crippen molar-refractivity contribution in [2.75, 3.05) is 13.6 Å². The van der Waals surface area contributed by atoms with Gasteiger partial charge in [0, 0.05) is 19.2 Å². The summed E-state index contributed by atoms with van der Waals surface area (Å²) >= 11 is 0. The number of hydrogen-bond donors (Lipinski definition) is 0. The van der Waals surface area contributed by atoms with Crippen LogP contribution in [0.1, 0.15) is 27.9 Å². The Morgan fingerprint density at radius 1 is 1.05 bits per heavy atom. The smallest absolute Gasteiger partial charge is 0.253 e. The molecule has 0 aliphatic carbocycles. The van der Waals surface area contributed by atoms with Crippen molar-refractivity contribution in [1.82, 2.24) is 4.90 Å². The summed E-state index contributed by atoms with van der Waals surface area (Å²) in [6.45, 7) is 2.79. The average Bonchev–Trinajstić information content (AvgIpc) is 2.47. The van der Waals surface area contributed by atoms with Crippen molar-refractivity contribution in [2.45, 2.75) is 19.8 Å². The number of rotatable bonds is 5. The van der Waals surface area contributed by atoms with Crippen LogP contribution in [0.15, 0.2) is 54.6 Å². The monoisotopic (exact) mass is 267 g/mol. The Kier molecular flexibility index (Phi) is 4.94. The van der Waals surface area contributed by atoms with Crippen molar-refractivity contribution in [1.29, 1.82) is 0 Å². The van der Waals surface area contributed by atoms with Gasteiger partial charge in [-0.15, -0.1) is 0 Å². The molecule has 2 aromatic rings. The lowest BCUT2D eigenvalue weighted by atomic mass is 10.1. The van der Waals surface area contributed by atoms with Crippen LogP contribution in [-0.4, -0.2) is 24.4 Å². The molecule has 0 saturated carbocycles. The van der Waals surface area contributed by atoms with Gasteiger partial charge in [0.1, 0.15) is 0 Å². The second-order valence-electron chi connectivity index (χ2n) is 5.19. The minimum absolute atomic E-state index is 0.0989. The summed E-state index contributed by atoms with van der Waals surface area (Å²) in [6.07, 6.45) is 1.99. The van der Waals surface area contributed by atoms with Crippen LogP contribution < -0.4 is 0 Å². The van der Waals surface area contributed by atoms with Crippen LogP contribution in [0.5, 0.6) is 0 Å². The third-order valence-corrected chi connectivity index (χ3v) is 3.41. The highest BCUT2D eigenvalue weighted by molar-refractivity contribution is 5.94. The topological polar surface area (TPSA) is 20.3 Å². The first-order valence-corrected chi connectivity index (χ1v) is 7.03. The normalized spacial score (nSPS) is 10.3. The van der Waals surface area contributed by atoms with Crippen LogP contribution in [0.4, 0.5) is 0 Å². The second-order valence-corrected chi connectivity index (χ2v) is 5.19. The third kappa shape index (κ3) is 3.95. The Morgan fingerprint density at radius 2 is 1.80 bits per heavy atom. The number of carbonyl (C=O) groups excluding carboxylic acids is 1. The van der Waals surface area contributed by atoms with E-state index in [1.54, 1.807) is 4.90 Å². The van der Waals surface area contributed by atoms with Gasteiger partial charge in [-0.05, 0) is 37.5 Å². The molecular formula is C18H21NO. The van der Waals surface area contributed by atoms with Gasteiger partial charge in [-0.3, -0.25) is 4.79 Å². The summed E-state index contributed by atoms with van der Waals surface area (Å²) < 4.78 is 0. The number of aryl methyl sites for hydroxylation is 2. The fourth-order valence-corrected chi connectivity index (χ4v) is 2.27. The molecule has 0 saturated heterocycles. The molecule has 0 aliphatic heterocycles. The lowest BCUT2D eigenvalue weighted by molar-refractivity contribution is 0.0793. The predicted octanol–water partition coefficient (Wildman–Crippen LogP) is 3.70. The maximum atomic E-state index is 12.3. The minimum Gasteiger partial charge on any atom is -0.342 e. The van der Waals surface area contributed by atoms with Crippen LogP contribution in [0.2, 0.25) is 0 Å². The van der Waals surface area contributed by atoms with Crippen LogP contribution in [0.3, 0.4) is 0 Å². The van der Waals surface area contributed by atoms with Crippen molar-refractivity contribution in [3.8, 4) is 0 Å². The summed E-state index contributed by atoms with van der Waals surface area (Å²) in [7, 11) is 1.87. The maximum absolute atomic E-state index is 12.3. The molecule has 2 nitrogen and oxygen atoms in total. The van der Waals surface area contributed by atoms with Gasteiger partial charge in [0.05, 0.1) is 0 Å². The van der Waals surface area contributed by atoms with Crippen molar-refractivity contribution in [2.24, 2.45) is 0 Å². The molecule has 1 amide bonds. The zero-order valence-corrected chi connectivity index (χ0v) is 12.2. The van der Waals surface area contributed by atoms with Gasteiger partial charge in [-0.25, -0.2) is 0 Å². The summed E-state index contributed by atoms with van der Waals surface area (Å²) in [5, 5.41) is 0. The minimum atomic E-state index is 0.0989. The molecule has 20 heavy (non-hydrogen) atoms. The first-order chi connectivity index (χ1) is 9.66. The largest absolute Gasteiger partial charge is 0.342 e. The zero-order valence-electron chi connectivity index (χ0n) is 12.2. The number of amides is 1. The molecule has 104 valence electrons. The van der Waals surface area contributed by atoms with Crippen molar-refractivity contribution in [3.63, 3.8) is 0 Å². The molecule has 2 rings (SSSR count). The van der Waals surface area contributed by atoms with Crippen LogP contribution >= 0.6 is 0 Å². The van der Waals surface area contributed by atoms with E-state index < -0.39 is 0 Å². The number of benzene rings is 2. The van der Waals surface area contributed by atoms with E-state index in [9.17, 15) is 4.79 Å². The fraction of sp³-hybridized carbons (Fsp3) is 0.278. The Hall–Kier alpha value is -2.09. The molecule has 0 heterocycles. The van der Waals surface area contributed by atoms with E-state index in [1.165, 1.54) is 5.56 Å². The highest BCUT2D eigenvalue weighted by Crippen LogP contribution is 2.08. The fourth-order valence-electron chi connectivity index (χ4n) is 2.27. The Labute approximate surface area is 121 Å². The quantitative estimate of drug-likeness (QED) is 0.809. The molecule has 2 heteroatoms. The molecule has 0 aliphatic rings. The van der Waals surface area contributed by atoms with Crippen LogP contribution in [0, 0.1) is 6.92 Å². The van der Waals surface area contributed by atoms with Gasteiger partial charge in [-0.1, -0.05) is 48.0 Å². The predicted molar refractivity (Wildman–Crippen MR) is 82.9 cm³/mol. The van der Waals surface area contributed by atoms with Gasteiger partial charge < -0.3 is 4.90 Å². The number of hydrogen-bond acceptors (Lipinski definition) is 1. The SMILES string of the molecule is Cc1cccc(C(=O)N(C)CCCc2ccccc2)c1. The molecule has 0 N–H and O–H groups in total. The molecule has 0 unspecified atom stereocenters. The van der Waals surface area contributed by atoms with Gasteiger partial charge >= 0.3 is 0 Å². The van der Waals surface area contributed by atoms with Crippen molar-refractivity contribution < 1.29 is 4.79 Å². The molecule has 0 atom stereocenters. The van der Waals surface area contributed by atoms with E-state index in [1.807, 2.05) is 44.3 Å². The van der Waals surface area contributed by atoms with Crippen LogP contribution in [0.25, 0.3) is 0 Å². The molecule has 2 aromatic carbocycles. The summed E-state index contributed by atoms with van der Waals surface area (Å²) in [5.41, 5.74) is 3.21. The molecule has 0 spiro atoms.